The van der Waals surface area contributed by atoms with Gasteiger partial charge in [-0.15, -0.1) is 11.3 Å². The molecule has 4 aromatic rings. The SMILES string of the molecule is Cc1nn(-c2ccccc2)c(Cl)c1C(=O)Nc1nc(-c2ccc(Cl)cc2)cs1. The molecule has 0 radical (unpaired) electrons. The fraction of sp³-hybridized carbons (Fsp3) is 0.0500. The van der Waals surface area contributed by atoms with E-state index < -0.39 is 0 Å². The molecule has 140 valence electrons. The van der Waals surface area contributed by atoms with Crippen LogP contribution in [0.3, 0.4) is 0 Å². The predicted molar refractivity (Wildman–Crippen MR) is 114 cm³/mol. The Morgan fingerprint density at radius 2 is 1.79 bits per heavy atom. The summed E-state index contributed by atoms with van der Waals surface area (Å²) >= 11 is 13.7. The number of aromatic nitrogens is 3. The minimum absolute atomic E-state index is 0.260. The molecule has 0 aliphatic rings. The van der Waals surface area contributed by atoms with Gasteiger partial charge in [0, 0.05) is 16.0 Å². The molecule has 2 aromatic carbocycles. The fourth-order valence-electron chi connectivity index (χ4n) is 2.74. The standard InChI is InChI=1S/C20H14Cl2N4OS/c1-12-17(18(22)26(25-12)15-5-3-2-4-6-15)19(27)24-20-23-16(11-28-20)13-7-9-14(21)10-8-13/h2-11H,1H3,(H,23,24,27). The number of carbonyl (C=O) groups is 1. The maximum Gasteiger partial charge on any atom is 0.262 e. The molecule has 8 heteroatoms. The number of benzene rings is 2. The Kier molecular flexibility index (Phi) is 5.17. The number of rotatable bonds is 4. The van der Waals surface area contributed by atoms with Crippen molar-refractivity contribution in [1.29, 1.82) is 0 Å². The Hall–Kier alpha value is -2.67. The molecule has 0 saturated carbocycles. The third-order valence-corrected chi connectivity index (χ3v) is 5.46. The number of nitrogens with zero attached hydrogens (tertiary/aromatic N) is 3. The summed E-state index contributed by atoms with van der Waals surface area (Å²) in [6, 6.07) is 16.8. The largest absolute Gasteiger partial charge is 0.298 e. The second-order valence-electron chi connectivity index (χ2n) is 6.00. The molecule has 5 nitrogen and oxygen atoms in total. The van der Waals surface area contributed by atoms with E-state index in [1.54, 1.807) is 23.7 Å². The Labute approximate surface area is 175 Å². The molecule has 0 unspecified atom stereocenters. The predicted octanol–water partition coefficient (Wildman–Crippen LogP) is 5.86. The first-order valence-corrected chi connectivity index (χ1v) is 10.00. The van der Waals surface area contributed by atoms with Crippen molar-refractivity contribution in [2.45, 2.75) is 6.92 Å². The van der Waals surface area contributed by atoms with Gasteiger partial charge in [0.25, 0.3) is 5.91 Å². The smallest absolute Gasteiger partial charge is 0.262 e. The van der Waals surface area contributed by atoms with Crippen LogP contribution in [-0.4, -0.2) is 20.7 Å². The number of carbonyl (C=O) groups excluding carboxylic acids is 1. The van der Waals surface area contributed by atoms with Gasteiger partial charge in [-0.1, -0.05) is 53.5 Å². The van der Waals surface area contributed by atoms with Crippen molar-refractivity contribution >= 4 is 45.6 Å². The molecular formula is C20H14Cl2N4OS. The van der Waals surface area contributed by atoms with E-state index in [2.05, 4.69) is 15.4 Å². The van der Waals surface area contributed by atoms with Crippen LogP contribution in [0.15, 0.2) is 60.0 Å². The monoisotopic (exact) mass is 428 g/mol. The van der Waals surface area contributed by atoms with Crippen LogP contribution in [0.2, 0.25) is 10.2 Å². The lowest BCUT2D eigenvalue weighted by atomic mass is 10.2. The van der Waals surface area contributed by atoms with E-state index in [0.29, 0.717) is 21.4 Å². The summed E-state index contributed by atoms with van der Waals surface area (Å²) in [5, 5.41) is 10.5. The van der Waals surface area contributed by atoms with Crippen LogP contribution < -0.4 is 5.32 Å². The topological polar surface area (TPSA) is 59.8 Å². The van der Waals surface area contributed by atoms with Crippen LogP contribution in [-0.2, 0) is 0 Å². The van der Waals surface area contributed by atoms with Crippen molar-refractivity contribution in [3.63, 3.8) is 0 Å². The number of halogens is 2. The summed E-state index contributed by atoms with van der Waals surface area (Å²) in [5.41, 5.74) is 3.34. The highest BCUT2D eigenvalue weighted by Gasteiger charge is 2.22. The van der Waals surface area contributed by atoms with Crippen molar-refractivity contribution < 1.29 is 4.79 Å². The molecule has 0 spiro atoms. The second-order valence-corrected chi connectivity index (χ2v) is 7.65. The number of nitrogens with one attached hydrogen (secondary N) is 1. The van der Waals surface area contributed by atoms with E-state index in [-0.39, 0.29) is 11.1 Å². The van der Waals surface area contributed by atoms with Gasteiger partial charge in [-0.05, 0) is 31.2 Å². The van der Waals surface area contributed by atoms with Crippen LogP contribution in [0.1, 0.15) is 16.1 Å². The third-order valence-electron chi connectivity index (χ3n) is 4.10. The number of anilines is 1. The minimum Gasteiger partial charge on any atom is -0.298 e. The maximum atomic E-state index is 12.8. The molecule has 0 atom stereocenters. The van der Waals surface area contributed by atoms with Crippen molar-refractivity contribution in [3.8, 4) is 16.9 Å². The molecule has 2 aromatic heterocycles. The lowest BCUT2D eigenvalue weighted by Gasteiger charge is -2.03. The summed E-state index contributed by atoms with van der Waals surface area (Å²) in [4.78, 5) is 17.3. The highest BCUT2D eigenvalue weighted by atomic mass is 35.5. The molecule has 28 heavy (non-hydrogen) atoms. The first kappa shape index (κ1) is 18.7. The van der Waals surface area contributed by atoms with Crippen molar-refractivity contribution in [2.75, 3.05) is 5.32 Å². The first-order valence-electron chi connectivity index (χ1n) is 8.36. The second kappa shape index (κ2) is 7.75. The summed E-state index contributed by atoms with van der Waals surface area (Å²) in [5.74, 6) is -0.346. The number of aryl methyl sites for hydroxylation is 1. The van der Waals surface area contributed by atoms with Crippen molar-refractivity contribution in [3.05, 3.63) is 81.4 Å². The van der Waals surface area contributed by atoms with Gasteiger partial charge < -0.3 is 0 Å². The molecule has 0 saturated heterocycles. The van der Waals surface area contributed by atoms with E-state index >= 15 is 0 Å². The number of hydrogen-bond acceptors (Lipinski definition) is 4. The normalized spacial score (nSPS) is 10.8. The zero-order valence-electron chi connectivity index (χ0n) is 14.7. The number of amides is 1. The number of para-hydroxylation sites is 1. The molecule has 0 fully saturated rings. The molecule has 1 N–H and O–H groups in total. The minimum atomic E-state index is -0.346. The van der Waals surface area contributed by atoms with Gasteiger partial charge in [-0.3, -0.25) is 10.1 Å². The van der Waals surface area contributed by atoms with Crippen LogP contribution in [0, 0.1) is 6.92 Å². The lowest BCUT2D eigenvalue weighted by molar-refractivity contribution is 0.102. The lowest BCUT2D eigenvalue weighted by Crippen LogP contribution is -2.13. The van der Waals surface area contributed by atoms with Gasteiger partial charge in [0.1, 0.15) is 10.7 Å². The van der Waals surface area contributed by atoms with Gasteiger partial charge in [-0.2, -0.15) is 5.10 Å². The fourth-order valence-corrected chi connectivity index (χ4v) is 3.94. The summed E-state index contributed by atoms with van der Waals surface area (Å²) in [7, 11) is 0. The van der Waals surface area contributed by atoms with Crippen molar-refractivity contribution in [2.24, 2.45) is 0 Å². The van der Waals surface area contributed by atoms with E-state index in [0.717, 1.165) is 16.9 Å². The van der Waals surface area contributed by atoms with E-state index in [1.807, 2.05) is 47.8 Å². The van der Waals surface area contributed by atoms with Gasteiger partial charge in [0.15, 0.2) is 5.13 Å². The summed E-state index contributed by atoms with van der Waals surface area (Å²) < 4.78 is 1.55. The zero-order chi connectivity index (χ0) is 19.7. The van der Waals surface area contributed by atoms with Gasteiger partial charge >= 0.3 is 0 Å². The molecule has 0 aliphatic carbocycles. The Morgan fingerprint density at radius 3 is 2.50 bits per heavy atom. The molecule has 2 heterocycles. The average Bonchev–Trinajstić information content (AvgIpc) is 3.27. The number of thiazole rings is 1. The molecule has 1 amide bonds. The number of hydrogen-bond donors (Lipinski definition) is 1. The Balaban J connectivity index is 1.58. The van der Waals surface area contributed by atoms with E-state index in [1.165, 1.54) is 11.3 Å². The molecule has 0 aliphatic heterocycles. The van der Waals surface area contributed by atoms with E-state index in [9.17, 15) is 4.79 Å². The Bertz CT molecular complexity index is 1140. The molecule has 4 rings (SSSR count). The zero-order valence-corrected chi connectivity index (χ0v) is 17.0. The average molecular weight is 429 g/mol. The summed E-state index contributed by atoms with van der Waals surface area (Å²) in [6.07, 6.45) is 0. The first-order chi connectivity index (χ1) is 13.5. The quantitative estimate of drug-likeness (QED) is 0.442. The van der Waals surface area contributed by atoms with Crippen LogP contribution >= 0.6 is 34.5 Å². The molecule has 0 bridgehead atoms. The third kappa shape index (κ3) is 3.67. The van der Waals surface area contributed by atoms with Crippen LogP contribution in [0.5, 0.6) is 0 Å². The highest BCUT2D eigenvalue weighted by molar-refractivity contribution is 7.14. The summed E-state index contributed by atoms with van der Waals surface area (Å²) in [6.45, 7) is 1.75. The highest BCUT2D eigenvalue weighted by Crippen LogP contribution is 2.28. The van der Waals surface area contributed by atoms with Crippen molar-refractivity contribution in [1.82, 2.24) is 14.8 Å². The van der Waals surface area contributed by atoms with Crippen LogP contribution in [0.25, 0.3) is 16.9 Å². The molecular weight excluding hydrogens is 415 g/mol. The van der Waals surface area contributed by atoms with Gasteiger partial charge in [0.2, 0.25) is 0 Å². The maximum absolute atomic E-state index is 12.8. The van der Waals surface area contributed by atoms with Gasteiger partial charge in [-0.25, -0.2) is 9.67 Å². The van der Waals surface area contributed by atoms with E-state index in [4.69, 9.17) is 23.2 Å². The van der Waals surface area contributed by atoms with Gasteiger partial charge in [0.05, 0.1) is 17.1 Å². The Morgan fingerprint density at radius 1 is 1.07 bits per heavy atom. The van der Waals surface area contributed by atoms with Crippen LogP contribution in [0.4, 0.5) is 5.13 Å².